The number of hydrogen-bond acceptors (Lipinski definition) is 4. The van der Waals surface area contributed by atoms with Crippen LogP contribution in [0.2, 0.25) is 0 Å². The van der Waals surface area contributed by atoms with Crippen molar-refractivity contribution in [2.45, 2.75) is 19.1 Å². The summed E-state index contributed by atoms with van der Waals surface area (Å²) in [6.07, 6.45) is -0.618. The molecular weight excluding hydrogens is 194 g/mol. The van der Waals surface area contributed by atoms with E-state index in [1.807, 2.05) is 0 Å². The first-order valence-corrected chi connectivity index (χ1v) is 4.75. The van der Waals surface area contributed by atoms with Gasteiger partial charge in [-0.3, -0.25) is 0 Å². The summed E-state index contributed by atoms with van der Waals surface area (Å²) in [4.78, 5) is 0. The van der Waals surface area contributed by atoms with E-state index in [4.69, 9.17) is 15.2 Å². The third kappa shape index (κ3) is 2.61. The largest absolute Gasteiger partial charge is 0.497 e. The maximum Gasteiger partial charge on any atom is 0.127 e. The number of aliphatic hydroxyl groups is 1. The zero-order valence-corrected chi connectivity index (χ0v) is 9.23. The van der Waals surface area contributed by atoms with Gasteiger partial charge < -0.3 is 20.3 Å². The summed E-state index contributed by atoms with van der Waals surface area (Å²) in [7, 11) is 3.15. The predicted octanol–water partition coefficient (Wildman–Crippen LogP) is 1.08. The average molecular weight is 211 g/mol. The van der Waals surface area contributed by atoms with E-state index >= 15 is 0 Å². The SMILES string of the molecule is COc1ccc([C@@H](N)[C@H](C)O)c(OC)c1. The van der Waals surface area contributed by atoms with Crippen molar-refractivity contribution in [3.8, 4) is 11.5 Å². The normalized spacial score (nSPS) is 14.5. The lowest BCUT2D eigenvalue weighted by atomic mass is 10.0. The standard InChI is InChI=1S/C11H17NO3/c1-7(13)11(12)9-5-4-8(14-2)6-10(9)15-3/h4-7,11,13H,12H2,1-3H3/t7-,11-/m0/s1. The van der Waals surface area contributed by atoms with Crippen molar-refractivity contribution in [2.24, 2.45) is 5.73 Å². The van der Waals surface area contributed by atoms with Crippen LogP contribution in [0.4, 0.5) is 0 Å². The third-order valence-electron chi connectivity index (χ3n) is 2.32. The van der Waals surface area contributed by atoms with Crippen LogP contribution in [-0.4, -0.2) is 25.4 Å². The number of rotatable bonds is 4. The summed E-state index contributed by atoms with van der Waals surface area (Å²) in [6, 6.07) is 4.89. The van der Waals surface area contributed by atoms with Gasteiger partial charge in [0, 0.05) is 11.6 Å². The molecule has 0 aromatic heterocycles. The minimum absolute atomic E-state index is 0.453. The van der Waals surface area contributed by atoms with Crippen LogP contribution in [0.1, 0.15) is 18.5 Å². The van der Waals surface area contributed by atoms with E-state index in [2.05, 4.69) is 0 Å². The van der Waals surface area contributed by atoms with E-state index in [9.17, 15) is 5.11 Å². The fourth-order valence-corrected chi connectivity index (χ4v) is 1.35. The lowest BCUT2D eigenvalue weighted by Crippen LogP contribution is -2.23. The molecule has 2 atom stereocenters. The van der Waals surface area contributed by atoms with Crippen molar-refractivity contribution in [2.75, 3.05) is 14.2 Å². The maximum atomic E-state index is 9.41. The van der Waals surface area contributed by atoms with Gasteiger partial charge in [0.05, 0.1) is 26.4 Å². The second-order valence-electron chi connectivity index (χ2n) is 3.37. The number of aliphatic hydroxyl groups excluding tert-OH is 1. The topological polar surface area (TPSA) is 64.7 Å². The molecule has 0 saturated carbocycles. The molecule has 0 radical (unpaired) electrons. The summed E-state index contributed by atoms with van der Waals surface area (Å²) in [6.45, 7) is 1.65. The number of methoxy groups -OCH3 is 2. The van der Waals surface area contributed by atoms with Crippen molar-refractivity contribution in [1.29, 1.82) is 0 Å². The summed E-state index contributed by atoms with van der Waals surface area (Å²) >= 11 is 0. The highest BCUT2D eigenvalue weighted by atomic mass is 16.5. The molecule has 4 nitrogen and oxygen atoms in total. The molecule has 3 N–H and O–H groups in total. The number of benzene rings is 1. The van der Waals surface area contributed by atoms with E-state index in [1.54, 1.807) is 39.3 Å². The molecule has 1 rings (SSSR count). The van der Waals surface area contributed by atoms with Crippen LogP contribution < -0.4 is 15.2 Å². The molecule has 0 heterocycles. The Morgan fingerprint density at radius 1 is 1.27 bits per heavy atom. The summed E-state index contributed by atoms with van der Waals surface area (Å²) in [5, 5.41) is 9.41. The molecule has 0 aliphatic rings. The van der Waals surface area contributed by atoms with Crippen molar-refractivity contribution >= 4 is 0 Å². The molecule has 0 fully saturated rings. The van der Waals surface area contributed by atoms with Crippen molar-refractivity contribution < 1.29 is 14.6 Å². The minimum atomic E-state index is -0.618. The fraction of sp³-hybridized carbons (Fsp3) is 0.455. The van der Waals surface area contributed by atoms with Crippen molar-refractivity contribution in [3.05, 3.63) is 23.8 Å². The highest BCUT2D eigenvalue weighted by Crippen LogP contribution is 2.29. The number of hydrogen-bond donors (Lipinski definition) is 2. The summed E-state index contributed by atoms with van der Waals surface area (Å²) < 4.78 is 10.3. The number of ether oxygens (including phenoxy) is 2. The first-order valence-electron chi connectivity index (χ1n) is 4.75. The Hall–Kier alpha value is -1.26. The van der Waals surface area contributed by atoms with Gasteiger partial charge in [0.1, 0.15) is 11.5 Å². The van der Waals surface area contributed by atoms with E-state index in [0.717, 1.165) is 5.56 Å². The van der Waals surface area contributed by atoms with Gasteiger partial charge >= 0.3 is 0 Å². The first kappa shape index (κ1) is 11.8. The zero-order valence-electron chi connectivity index (χ0n) is 9.23. The Balaban J connectivity index is 3.07. The molecule has 0 spiro atoms. The molecule has 1 aromatic carbocycles. The Labute approximate surface area is 89.6 Å². The summed E-state index contributed by atoms with van der Waals surface area (Å²) in [5.41, 5.74) is 6.61. The Kier molecular flexibility index (Phi) is 3.94. The van der Waals surface area contributed by atoms with Crippen LogP contribution in [0, 0.1) is 0 Å². The minimum Gasteiger partial charge on any atom is -0.497 e. The van der Waals surface area contributed by atoms with Crippen LogP contribution in [0.5, 0.6) is 11.5 Å². The Morgan fingerprint density at radius 2 is 1.93 bits per heavy atom. The smallest absolute Gasteiger partial charge is 0.127 e. The van der Waals surface area contributed by atoms with Crippen LogP contribution in [0.15, 0.2) is 18.2 Å². The molecule has 0 unspecified atom stereocenters. The highest BCUT2D eigenvalue weighted by Gasteiger charge is 2.16. The zero-order chi connectivity index (χ0) is 11.4. The molecule has 4 heteroatoms. The van der Waals surface area contributed by atoms with Crippen LogP contribution in [0.3, 0.4) is 0 Å². The quantitative estimate of drug-likeness (QED) is 0.782. The molecular formula is C11H17NO3. The van der Waals surface area contributed by atoms with E-state index in [1.165, 1.54) is 0 Å². The van der Waals surface area contributed by atoms with Gasteiger partial charge in [-0.25, -0.2) is 0 Å². The molecule has 1 aromatic rings. The Morgan fingerprint density at radius 3 is 2.40 bits per heavy atom. The average Bonchev–Trinajstić information content (AvgIpc) is 2.27. The molecule has 0 saturated heterocycles. The van der Waals surface area contributed by atoms with Crippen molar-refractivity contribution in [3.63, 3.8) is 0 Å². The molecule has 0 amide bonds. The fourth-order valence-electron chi connectivity index (χ4n) is 1.35. The number of nitrogens with two attached hydrogens (primary N) is 1. The van der Waals surface area contributed by atoms with Crippen LogP contribution in [-0.2, 0) is 0 Å². The predicted molar refractivity (Wildman–Crippen MR) is 58.2 cm³/mol. The maximum absolute atomic E-state index is 9.41. The molecule has 0 aliphatic carbocycles. The lowest BCUT2D eigenvalue weighted by molar-refractivity contribution is 0.162. The second-order valence-corrected chi connectivity index (χ2v) is 3.37. The van der Waals surface area contributed by atoms with Gasteiger partial charge in [-0.05, 0) is 19.1 Å². The van der Waals surface area contributed by atoms with Gasteiger partial charge in [0.25, 0.3) is 0 Å². The molecule has 0 bridgehead atoms. The molecule has 84 valence electrons. The third-order valence-corrected chi connectivity index (χ3v) is 2.32. The van der Waals surface area contributed by atoms with Gasteiger partial charge in [0.15, 0.2) is 0 Å². The molecule has 0 aliphatic heterocycles. The van der Waals surface area contributed by atoms with E-state index < -0.39 is 12.1 Å². The second kappa shape index (κ2) is 5.00. The van der Waals surface area contributed by atoms with Gasteiger partial charge in [-0.15, -0.1) is 0 Å². The van der Waals surface area contributed by atoms with E-state index in [-0.39, 0.29) is 0 Å². The lowest BCUT2D eigenvalue weighted by Gasteiger charge is -2.18. The highest BCUT2D eigenvalue weighted by molar-refractivity contribution is 5.42. The van der Waals surface area contributed by atoms with Crippen LogP contribution >= 0.6 is 0 Å². The monoisotopic (exact) mass is 211 g/mol. The van der Waals surface area contributed by atoms with Gasteiger partial charge in [-0.1, -0.05) is 0 Å². The Bertz CT molecular complexity index is 326. The van der Waals surface area contributed by atoms with E-state index in [0.29, 0.717) is 11.5 Å². The summed E-state index contributed by atoms with van der Waals surface area (Å²) in [5.74, 6) is 1.33. The molecule has 15 heavy (non-hydrogen) atoms. The first-order chi connectivity index (χ1) is 7.10. The van der Waals surface area contributed by atoms with Crippen LogP contribution in [0.25, 0.3) is 0 Å². The van der Waals surface area contributed by atoms with Gasteiger partial charge in [-0.2, -0.15) is 0 Å². The van der Waals surface area contributed by atoms with Crippen molar-refractivity contribution in [1.82, 2.24) is 0 Å². The van der Waals surface area contributed by atoms with Gasteiger partial charge in [0.2, 0.25) is 0 Å².